The second-order valence-electron chi connectivity index (χ2n) is 4.24. The number of anilines is 1. The molecule has 1 aliphatic heterocycles. The van der Waals surface area contributed by atoms with Gasteiger partial charge in [-0.25, -0.2) is 0 Å². The van der Waals surface area contributed by atoms with Gasteiger partial charge in [-0.3, -0.25) is 4.79 Å². The predicted molar refractivity (Wildman–Crippen MR) is 64.1 cm³/mol. The van der Waals surface area contributed by atoms with Crippen molar-refractivity contribution in [3.63, 3.8) is 0 Å². The molecule has 3 heteroatoms. The molecule has 3 nitrogen and oxygen atoms in total. The summed E-state index contributed by atoms with van der Waals surface area (Å²) in [6.07, 6.45) is 1.85. The van der Waals surface area contributed by atoms with E-state index in [1.165, 1.54) is 0 Å². The highest BCUT2D eigenvalue weighted by molar-refractivity contribution is 5.79. The first-order valence-corrected chi connectivity index (χ1v) is 5.53. The van der Waals surface area contributed by atoms with Crippen LogP contribution in [0.15, 0.2) is 33.5 Å². The van der Waals surface area contributed by atoms with E-state index in [2.05, 4.69) is 0 Å². The van der Waals surface area contributed by atoms with Gasteiger partial charge in [0.05, 0.1) is 10.9 Å². The van der Waals surface area contributed by atoms with Crippen LogP contribution in [0.1, 0.15) is 12.0 Å². The number of nitrogens with zero attached hydrogens (tertiary/aromatic N) is 1. The van der Waals surface area contributed by atoms with Gasteiger partial charge in [0, 0.05) is 13.6 Å². The number of hydrogen-bond donors (Lipinski definition) is 0. The van der Waals surface area contributed by atoms with Crippen LogP contribution in [-0.4, -0.2) is 13.6 Å². The fourth-order valence-electron chi connectivity index (χ4n) is 2.29. The Morgan fingerprint density at radius 2 is 2.12 bits per heavy atom. The maximum atomic E-state index is 12.2. The lowest BCUT2D eigenvalue weighted by atomic mass is 10.0. The predicted octanol–water partition coefficient (Wildman–Crippen LogP) is 2.18. The Morgan fingerprint density at radius 3 is 3.00 bits per heavy atom. The van der Waals surface area contributed by atoms with E-state index in [1.54, 1.807) is 0 Å². The Bertz CT molecular complexity index is 600. The highest BCUT2D eigenvalue weighted by Gasteiger charge is 2.20. The minimum Gasteiger partial charge on any atom is -0.440 e. The van der Waals surface area contributed by atoms with Crippen molar-refractivity contribution < 1.29 is 4.42 Å². The number of benzene rings is 1. The highest BCUT2D eigenvalue weighted by Crippen LogP contribution is 2.26. The maximum absolute atomic E-state index is 12.2. The molecule has 0 saturated carbocycles. The third kappa shape index (κ3) is 1.24. The first-order valence-electron chi connectivity index (χ1n) is 5.53. The van der Waals surface area contributed by atoms with E-state index in [-0.39, 0.29) is 5.43 Å². The number of para-hydroxylation sites is 1. The van der Waals surface area contributed by atoms with Gasteiger partial charge in [0.1, 0.15) is 5.58 Å². The van der Waals surface area contributed by atoms with Crippen LogP contribution in [-0.2, 0) is 6.42 Å². The van der Waals surface area contributed by atoms with Crippen molar-refractivity contribution in [2.24, 2.45) is 0 Å². The van der Waals surface area contributed by atoms with Gasteiger partial charge in [0.25, 0.3) is 0 Å². The Kier molecular flexibility index (Phi) is 1.99. The summed E-state index contributed by atoms with van der Waals surface area (Å²) >= 11 is 0. The van der Waals surface area contributed by atoms with Crippen LogP contribution in [0.25, 0.3) is 11.0 Å². The van der Waals surface area contributed by atoms with Gasteiger partial charge in [-0.1, -0.05) is 12.1 Å². The van der Waals surface area contributed by atoms with Gasteiger partial charge in [-0.2, -0.15) is 0 Å². The Hall–Kier alpha value is -1.77. The number of fused-ring (bicyclic) bond motifs is 2. The molecule has 0 amide bonds. The highest BCUT2D eigenvalue weighted by atomic mass is 16.4. The van der Waals surface area contributed by atoms with Crippen molar-refractivity contribution in [3.8, 4) is 0 Å². The second-order valence-corrected chi connectivity index (χ2v) is 4.24. The van der Waals surface area contributed by atoms with Gasteiger partial charge in [0.15, 0.2) is 5.43 Å². The van der Waals surface area contributed by atoms with E-state index in [9.17, 15) is 4.79 Å². The summed E-state index contributed by atoms with van der Waals surface area (Å²) in [6, 6.07) is 7.44. The largest absolute Gasteiger partial charge is 0.440 e. The van der Waals surface area contributed by atoms with Crippen LogP contribution in [0.3, 0.4) is 0 Å². The fourth-order valence-corrected chi connectivity index (χ4v) is 2.29. The third-order valence-corrected chi connectivity index (χ3v) is 3.14. The molecule has 0 saturated heterocycles. The molecule has 2 heterocycles. The molecule has 3 rings (SSSR count). The summed E-state index contributed by atoms with van der Waals surface area (Å²) < 4.78 is 5.80. The summed E-state index contributed by atoms with van der Waals surface area (Å²) in [7, 11) is 1.97. The lowest BCUT2D eigenvalue weighted by molar-refractivity contribution is 0.551. The third-order valence-electron chi connectivity index (χ3n) is 3.14. The van der Waals surface area contributed by atoms with Crippen LogP contribution in [0.2, 0.25) is 0 Å². The molecule has 1 aliphatic rings. The number of rotatable bonds is 0. The monoisotopic (exact) mass is 215 g/mol. The van der Waals surface area contributed by atoms with Crippen LogP contribution in [0.4, 0.5) is 5.88 Å². The van der Waals surface area contributed by atoms with Crippen molar-refractivity contribution in [3.05, 3.63) is 40.1 Å². The summed E-state index contributed by atoms with van der Waals surface area (Å²) in [4.78, 5) is 14.3. The van der Waals surface area contributed by atoms with E-state index >= 15 is 0 Å². The second kappa shape index (κ2) is 3.37. The van der Waals surface area contributed by atoms with Gasteiger partial charge < -0.3 is 9.32 Å². The normalized spacial score (nSPS) is 15.2. The van der Waals surface area contributed by atoms with Crippen molar-refractivity contribution in [1.29, 1.82) is 0 Å². The Balaban J connectivity index is 2.41. The minimum atomic E-state index is 0.128. The molecule has 0 radical (unpaired) electrons. The van der Waals surface area contributed by atoms with E-state index in [0.717, 1.165) is 30.8 Å². The molecule has 0 bridgehead atoms. The van der Waals surface area contributed by atoms with Gasteiger partial charge in [-0.15, -0.1) is 0 Å². The molecule has 0 N–H and O–H groups in total. The quantitative estimate of drug-likeness (QED) is 0.675. The molecule has 16 heavy (non-hydrogen) atoms. The summed E-state index contributed by atoms with van der Waals surface area (Å²) in [5.41, 5.74) is 1.64. The maximum Gasteiger partial charge on any atom is 0.202 e. The van der Waals surface area contributed by atoms with Crippen LogP contribution in [0, 0.1) is 0 Å². The minimum absolute atomic E-state index is 0.128. The van der Waals surface area contributed by atoms with Crippen molar-refractivity contribution >= 4 is 16.9 Å². The van der Waals surface area contributed by atoms with Gasteiger partial charge in [0.2, 0.25) is 5.88 Å². The molecule has 0 unspecified atom stereocenters. The van der Waals surface area contributed by atoms with E-state index in [4.69, 9.17) is 4.42 Å². The fraction of sp³-hybridized carbons (Fsp3) is 0.308. The molecule has 0 aliphatic carbocycles. The molecule has 1 aromatic heterocycles. The first-order chi connectivity index (χ1) is 7.77. The molecule has 0 fully saturated rings. The molecule has 1 aromatic carbocycles. The molecule has 2 aromatic rings. The average Bonchev–Trinajstić information content (AvgIpc) is 2.31. The molecular formula is C13H13NO2. The lowest BCUT2D eigenvalue weighted by Crippen LogP contribution is -2.28. The van der Waals surface area contributed by atoms with E-state index in [0.29, 0.717) is 11.0 Å². The summed E-state index contributed by atoms with van der Waals surface area (Å²) in [6.45, 7) is 0.953. The zero-order valence-electron chi connectivity index (χ0n) is 9.19. The average molecular weight is 215 g/mol. The zero-order chi connectivity index (χ0) is 11.1. The first kappa shape index (κ1) is 9.46. The van der Waals surface area contributed by atoms with Crippen molar-refractivity contribution in [2.45, 2.75) is 12.8 Å². The lowest BCUT2D eigenvalue weighted by Gasteiger charge is -2.25. The van der Waals surface area contributed by atoms with Crippen molar-refractivity contribution in [2.75, 3.05) is 18.5 Å². The number of hydrogen-bond acceptors (Lipinski definition) is 3. The van der Waals surface area contributed by atoms with E-state index < -0.39 is 0 Å². The molecule has 82 valence electrons. The van der Waals surface area contributed by atoms with Crippen LogP contribution in [0.5, 0.6) is 0 Å². The summed E-state index contributed by atoms with van der Waals surface area (Å²) in [5.74, 6) is 0.745. The van der Waals surface area contributed by atoms with Gasteiger partial charge >= 0.3 is 0 Å². The standard InChI is InChI=1S/C13H13NO2/c1-14-8-4-6-10-12(15)9-5-2-3-7-11(9)16-13(10)14/h2-3,5,7H,4,6,8H2,1H3. The Labute approximate surface area is 93.3 Å². The SMILES string of the molecule is CN1CCCc2c1oc1ccccc1c2=O. The zero-order valence-corrected chi connectivity index (χ0v) is 9.19. The smallest absolute Gasteiger partial charge is 0.202 e. The van der Waals surface area contributed by atoms with E-state index in [1.807, 2.05) is 36.2 Å². The van der Waals surface area contributed by atoms with Crippen LogP contribution < -0.4 is 10.3 Å². The summed E-state index contributed by atoms with van der Waals surface area (Å²) in [5, 5.41) is 0.691. The topological polar surface area (TPSA) is 33.5 Å². The Morgan fingerprint density at radius 1 is 1.31 bits per heavy atom. The molecular weight excluding hydrogens is 202 g/mol. The molecule has 0 spiro atoms. The van der Waals surface area contributed by atoms with Gasteiger partial charge in [-0.05, 0) is 25.0 Å². The van der Waals surface area contributed by atoms with Crippen molar-refractivity contribution in [1.82, 2.24) is 0 Å². The van der Waals surface area contributed by atoms with Crippen LogP contribution >= 0.6 is 0 Å². The molecule has 0 atom stereocenters.